The zero-order valence-corrected chi connectivity index (χ0v) is 21.5. The molecule has 2 saturated carbocycles. The largest absolute Gasteiger partial charge is 0.441 e. The van der Waals surface area contributed by atoms with Gasteiger partial charge in [-0.25, -0.2) is 19.0 Å². The lowest BCUT2D eigenvalue weighted by Gasteiger charge is -2.51. The van der Waals surface area contributed by atoms with Gasteiger partial charge in [0.25, 0.3) is 5.91 Å². The monoisotopic (exact) mass is 498 g/mol. The second kappa shape index (κ2) is 6.87. The van der Waals surface area contributed by atoms with Crippen LogP contribution in [0.4, 0.5) is 0 Å². The van der Waals surface area contributed by atoms with Crippen molar-refractivity contribution >= 4 is 42.3 Å². The molecule has 2 atom stereocenters. The molecule has 10 nitrogen and oxygen atoms in total. The Morgan fingerprint density at radius 1 is 1.21 bits per heavy atom. The Morgan fingerprint density at radius 3 is 2.71 bits per heavy atom. The van der Waals surface area contributed by atoms with E-state index in [9.17, 15) is 9.00 Å². The summed E-state index contributed by atoms with van der Waals surface area (Å²) in [6, 6.07) is 4.86. The van der Waals surface area contributed by atoms with Gasteiger partial charge in [-0.2, -0.15) is 0 Å². The van der Waals surface area contributed by atoms with Gasteiger partial charge >= 0.3 is 0 Å². The maximum absolute atomic E-state index is 12.8. The first-order chi connectivity index (χ1) is 16.0. The molecular weight excluding hydrogens is 472 g/mol. The number of oxazole rings is 1. The van der Waals surface area contributed by atoms with Crippen molar-refractivity contribution in [2.45, 2.75) is 53.6 Å². The van der Waals surface area contributed by atoms with E-state index < -0.39 is 26.8 Å². The Hall–Kier alpha value is -2.80. The van der Waals surface area contributed by atoms with Crippen LogP contribution < -0.4 is 22.0 Å². The van der Waals surface area contributed by atoms with Crippen LogP contribution in [0.2, 0.25) is 0 Å². The summed E-state index contributed by atoms with van der Waals surface area (Å²) >= 11 is 0. The van der Waals surface area contributed by atoms with Gasteiger partial charge in [-0.05, 0) is 61.8 Å². The molecule has 6 N–H and O–H groups in total. The van der Waals surface area contributed by atoms with Crippen molar-refractivity contribution in [2.24, 2.45) is 16.9 Å². The Labute approximate surface area is 199 Å². The Morgan fingerprint density at radius 2 is 1.97 bits per heavy atom. The van der Waals surface area contributed by atoms with E-state index in [2.05, 4.69) is 15.3 Å². The average molecular weight is 499 g/mol. The van der Waals surface area contributed by atoms with Crippen LogP contribution in [0, 0.1) is 10.2 Å². The van der Waals surface area contributed by atoms with Crippen LogP contribution in [-0.4, -0.2) is 41.2 Å². The van der Waals surface area contributed by atoms with Gasteiger partial charge in [0, 0.05) is 16.4 Å². The second-order valence-corrected chi connectivity index (χ2v) is 13.6. The quantitative estimate of drug-likeness (QED) is 0.221. The summed E-state index contributed by atoms with van der Waals surface area (Å²) < 4.78 is 32.0. The second-order valence-electron chi connectivity index (χ2n) is 10.2. The standard InChI is InChI=1S/C22H26N6O4SSi/c23-21(19-27-14-7-13(34)8-26-18(14)32-19)9-20(10-21)5-6-22(24,11-20)28-17(29)15-3-4-16(31-15)33(25,30)12-1-2-12/h3-8,12,25H,1-2,9-11,23-24H2,34H3,(H,28,29)/t20-,21-,22-,33?/m0/s1. The van der Waals surface area contributed by atoms with E-state index in [0.29, 0.717) is 36.4 Å². The molecular formula is C22H26N6O4SSi. The predicted molar refractivity (Wildman–Crippen MR) is 128 cm³/mol. The highest BCUT2D eigenvalue weighted by Gasteiger charge is 2.59. The third-order valence-corrected chi connectivity index (χ3v) is 9.74. The Balaban J connectivity index is 1.14. The van der Waals surface area contributed by atoms with E-state index in [1.165, 1.54) is 12.1 Å². The highest BCUT2D eigenvalue weighted by Crippen LogP contribution is 2.59. The number of fused-ring (bicyclic) bond motifs is 1. The molecule has 34 heavy (non-hydrogen) atoms. The van der Waals surface area contributed by atoms with Gasteiger partial charge in [-0.1, -0.05) is 11.3 Å². The van der Waals surface area contributed by atoms with Crippen LogP contribution in [0.3, 0.4) is 0 Å². The van der Waals surface area contributed by atoms with E-state index >= 15 is 0 Å². The summed E-state index contributed by atoms with van der Waals surface area (Å²) in [4.78, 5) is 21.7. The van der Waals surface area contributed by atoms with Crippen molar-refractivity contribution < 1.29 is 17.8 Å². The lowest BCUT2D eigenvalue weighted by Crippen LogP contribution is -2.59. The Kier molecular flexibility index (Phi) is 4.39. The molecule has 2 fully saturated rings. The van der Waals surface area contributed by atoms with Gasteiger partial charge in [-0.3, -0.25) is 4.79 Å². The number of furan rings is 1. The molecule has 3 aromatic heterocycles. The van der Waals surface area contributed by atoms with Crippen molar-refractivity contribution in [3.05, 3.63) is 48.2 Å². The highest BCUT2D eigenvalue weighted by molar-refractivity contribution is 7.93. The van der Waals surface area contributed by atoms with Gasteiger partial charge in [0.15, 0.2) is 10.9 Å². The number of nitrogens with two attached hydrogens (primary N) is 2. The molecule has 3 aromatic rings. The summed E-state index contributed by atoms with van der Waals surface area (Å²) in [5.41, 5.74) is 12.3. The smallest absolute Gasteiger partial charge is 0.288 e. The van der Waals surface area contributed by atoms with Gasteiger partial charge in [0.1, 0.15) is 20.9 Å². The normalized spacial score (nSPS) is 32.2. The molecule has 1 amide bonds. The fraction of sp³-hybridized carbons (Fsp3) is 0.409. The molecule has 178 valence electrons. The number of nitrogens with zero attached hydrogens (tertiary/aromatic N) is 2. The number of nitrogens with one attached hydrogen (secondary N) is 2. The van der Waals surface area contributed by atoms with Gasteiger partial charge in [-0.15, -0.1) is 0 Å². The number of carbonyl (C=O) groups is 1. The molecule has 0 aliphatic heterocycles. The molecule has 0 aromatic carbocycles. The van der Waals surface area contributed by atoms with Crippen LogP contribution in [-0.2, 0) is 15.3 Å². The molecule has 0 radical (unpaired) electrons. The van der Waals surface area contributed by atoms with Crippen LogP contribution in [0.25, 0.3) is 11.2 Å². The third kappa shape index (κ3) is 3.44. The number of hydrogen-bond donors (Lipinski definition) is 4. The zero-order chi connectivity index (χ0) is 23.9. The third-order valence-electron chi connectivity index (χ3n) is 6.97. The maximum Gasteiger partial charge on any atom is 0.288 e. The van der Waals surface area contributed by atoms with Gasteiger partial charge in [0.2, 0.25) is 11.6 Å². The zero-order valence-electron chi connectivity index (χ0n) is 18.7. The summed E-state index contributed by atoms with van der Waals surface area (Å²) in [5.74, 6) is -0.0461. The number of amides is 1. The lowest BCUT2D eigenvalue weighted by molar-refractivity contribution is 0.0355. The number of carbonyl (C=O) groups excluding carboxylic acids is 1. The fourth-order valence-corrected chi connectivity index (χ4v) is 7.30. The molecule has 3 aliphatic carbocycles. The van der Waals surface area contributed by atoms with E-state index in [1.807, 2.05) is 12.1 Å². The van der Waals surface area contributed by atoms with Crippen LogP contribution in [0.5, 0.6) is 0 Å². The molecule has 12 heteroatoms. The Bertz CT molecular complexity index is 1470. The summed E-state index contributed by atoms with van der Waals surface area (Å²) in [5, 5.41) is 3.80. The molecule has 3 heterocycles. The number of pyridine rings is 1. The van der Waals surface area contributed by atoms with Crippen molar-refractivity contribution in [2.75, 3.05) is 0 Å². The van der Waals surface area contributed by atoms with E-state index in [-0.39, 0.29) is 21.5 Å². The molecule has 1 spiro atoms. The molecule has 3 aliphatic rings. The van der Waals surface area contributed by atoms with Crippen molar-refractivity contribution in [3.63, 3.8) is 0 Å². The first kappa shape index (κ1) is 21.7. The minimum atomic E-state index is -3.01. The van der Waals surface area contributed by atoms with Crippen LogP contribution in [0.15, 0.2) is 50.5 Å². The topological polar surface area (TPSA) is 174 Å². The van der Waals surface area contributed by atoms with Crippen molar-refractivity contribution in [3.8, 4) is 0 Å². The predicted octanol–water partition coefficient (Wildman–Crippen LogP) is 0.354. The summed E-state index contributed by atoms with van der Waals surface area (Å²) in [6.07, 6.45) is 8.70. The van der Waals surface area contributed by atoms with Crippen LogP contribution >= 0.6 is 0 Å². The minimum Gasteiger partial charge on any atom is -0.441 e. The number of hydrogen-bond acceptors (Lipinski definition) is 9. The highest BCUT2D eigenvalue weighted by atomic mass is 32.2. The van der Waals surface area contributed by atoms with E-state index in [4.69, 9.17) is 25.1 Å². The number of rotatable bonds is 5. The van der Waals surface area contributed by atoms with Crippen molar-refractivity contribution in [1.82, 2.24) is 15.3 Å². The summed E-state index contributed by atoms with van der Waals surface area (Å²) in [7, 11) is -2.13. The average Bonchev–Trinajstić information content (AvgIpc) is 3.19. The van der Waals surface area contributed by atoms with Crippen molar-refractivity contribution in [1.29, 1.82) is 4.78 Å². The number of aromatic nitrogens is 2. The molecule has 0 saturated heterocycles. The minimum absolute atomic E-state index is 0.00564. The summed E-state index contributed by atoms with van der Waals surface area (Å²) in [6.45, 7) is 0. The SMILES string of the molecule is N=S(=O)(c1ccc(C(=O)N[C@@]2(N)C=C[C@]3(C2)C[C@@](N)(c2nc4cc([SiH3])cnc4o2)C3)o1)C1CC1. The molecule has 6 rings (SSSR count). The first-order valence-corrected chi connectivity index (χ1v) is 13.8. The lowest BCUT2D eigenvalue weighted by atomic mass is 9.57. The maximum atomic E-state index is 12.8. The van der Waals surface area contributed by atoms with Crippen LogP contribution in [0.1, 0.15) is 48.5 Å². The van der Waals surface area contributed by atoms with E-state index in [1.54, 1.807) is 12.3 Å². The fourth-order valence-electron chi connectivity index (χ4n) is 5.29. The first-order valence-electron chi connectivity index (χ1n) is 11.2. The number of allylic oxidation sites excluding steroid dienone is 1. The molecule has 1 unspecified atom stereocenters. The molecule has 0 bridgehead atoms. The van der Waals surface area contributed by atoms with Gasteiger partial charge < -0.3 is 25.6 Å². The van der Waals surface area contributed by atoms with Gasteiger partial charge in [0.05, 0.1) is 10.8 Å². The van der Waals surface area contributed by atoms with E-state index in [0.717, 1.165) is 28.3 Å².